The summed E-state index contributed by atoms with van der Waals surface area (Å²) >= 11 is 6.04. The van der Waals surface area contributed by atoms with Gasteiger partial charge in [-0.15, -0.1) is 0 Å². The molecule has 22 heavy (non-hydrogen) atoms. The molecule has 0 spiro atoms. The highest BCUT2D eigenvalue weighted by Crippen LogP contribution is 2.32. The van der Waals surface area contributed by atoms with Crippen LogP contribution in [0.1, 0.15) is 25.0 Å². The van der Waals surface area contributed by atoms with Crippen molar-refractivity contribution in [2.45, 2.75) is 31.8 Å². The van der Waals surface area contributed by atoms with Gasteiger partial charge in [-0.1, -0.05) is 11.6 Å². The summed E-state index contributed by atoms with van der Waals surface area (Å²) in [6, 6.07) is 4.30. The quantitative estimate of drug-likeness (QED) is 0.918. The number of halogens is 1. The second kappa shape index (κ2) is 5.56. The number of amides is 1. The van der Waals surface area contributed by atoms with Crippen molar-refractivity contribution >= 4 is 23.2 Å². The van der Waals surface area contributed by atoms with Crippen molar-refractivity contribution in [3.05, 3.63) is 35.2 Å². The van der Waals surface area contributed by atoms with E-state index in [4.69, 9.17) is 11.6 Å². The molecule has 2 aromatic rings. The van der Waals surface area contributed by atoms with Crippen molar-refractivity contribution in [1.29, 1.82) is 0 Å². The Balaban J connectivity index is 1.34. The second-order valence-corrected chi connectivity index (χ2v) is 6.74. The fourth-order valence-corrected chi connectivity index (χ4v) is 3.39. The number of nitrogens with one attached hydrogen (secondary N) is 1. The lowest BCUT2D eigenvalue weighted by Gasteiger charge is -2.15. The second-order valence-electron chi connectivity index (χ2n) is 6.30. The summed E-state index contributed by atoms with van der Waals surface area (Å²) in [6.07, 6.45) is 6.81. The van der Waals surface area contributed by atoms with Crippen molar-refractivity contribution in [3.8, 4) is 0 Å². The molecule has 1 saturated heterocycles. The van der Waals surface area contributed by atoms with Crippen LogP contribution in [0, 0.1) is 5.92 Å². The van der Waals surface area contributed by atoms with Crippen LogP contribution in [0.3, 0.4) is 0 Å². The summed E-state index contributed by atoms with van der Waals surface area (Å²) in [7, 11) is 0. The summed E-state index contributed by atoms with van der Waals surface area (Å²) in [5.41, 5.74) is 1.98. The molecule has 0 aromatic carbocycles. The Kier molecular flexibility index (Phi) is 3.54. The zero-order valence-electron chi connectivity index (χ0n) is 12.3. The first-order valence-corrected chi connectivity index (χ1v) is 8.20. The number of hydrogen-bond donors (Lipinski definition) is 1. The molecule has 2 aliphatic rings. The van der Waals surface area contributed by atoms with Crippen molar-refractivity contribution in [2.75, 3.05) is 13.1 Å². The first kappa shape index (κ1) is 14.0. The predicted molar refractivity (Wildman–Crippen MR) is 84.8 cm³/mol. The molecule has 116 valence electrons. The van der Waals surface area contributed by atoms with Crippen LogP contribution >= 0.6 is 11.6 Å². The SMILES string of the molecule is O=C1CC(CNCc2cnc3ccc(Cl)cn23)CN1C1CC1. The van der Waals surface area contributed by atoms with Gasteiger partial charge in [0.1, 0.15) is 5.65 Å². The Bertz CT molecular complexity index is 709. The lowest BCUT2D eigenvalue weighted by atomic mass is 10.1. The number of fused-ring (bicyclic) bond motifs is 1. The molecule has 0 bridgehead atoms. The maximum Gasteiger partial charge on any atom is 0.223 e. The molecular formula is C16H19ClN4O. The maximum absolute atomic E-state index is 11.9. The van der Waals surface area contributed by atoms with Gasteiger partial charge in [0.15, 0.2) is 0 Å². The Labute approximate surface area is 134 Å². The molecule has 6 heteroatoms. The molecule has 2 fully saturated rings. The fourth-order valence-electron chi connectivity index (χ4n) is 3.22. The first-order chi connectivity index (χ1) is 10.7. The highest BCUT2D eigenvalue weighted by molar-refractivity contribution is 6.30. The molecule has 1 saturated carbocycles. The smallest absolute Gasteiger partial charge is 0.223 e. The van der Waals surface area contributed by atoms with Crippen LogP contribution < -0.4 is 5.32 Å². The van der Waals surface area contributed by atoms with Crippen LogP contribution in [0.4, 0.5) is 0 Å². The van der Waals surface area contributed by atoms with Gasteiger partial charge < -0.3 is 14.6 Å². The minimum atomic E-state index is 0.330. The summed E-state index contributed by atoms with van der Waals surface area (Å²) in [5, 5.41) is 4.16. The van der Waals surface area contributed by atoms with Gasteiger partial charge in [-0.05, 0) is 30.9 Å². The minimum absolute atomic E-state index is 0.330. The van der Waals surface area contributed by atoms with Crippen LogP contribution in [0.15, 0.2) is 24.5 Å². The number of pyridine rings is 1. The Morgan fingerprint density at radius 3 is 3.05 bits per heavy atom. The number of likely N-dealkylation sites (tertiary alicyclic amines) is 1. The van der Waals surface area contributed by atoms with E-state index in [0.717, 1.165) is 31.0 Å². The van der Waals surface area contributed by atoms with Crippen LogP contribution in [-0.2, 0) is 11.3 Å². The van der Waals surface area contributed by atoms with E-state index in [0.29, 0.717) is 29.3 Å². The third kappa shape index (κ3) is 2.71. The van der Waals surface area contributed by atoms with E-state index in [9.17, 15) is 4.79 Å². The van der Waals surface area contributed by atoms with Gasteiger partial charge in [-0.3, -0.25) is 4.79 Å². The van der Waals surface area contributed by atoms with E-state index in [1.54, 1.807) is 0 Å². The van der Waals surface area contributed by atoms with Crippen LogP contribution in [0.5, 0.6) is 0 Å². The Morgan fingerprint density at radius 2 is 2.23 bits per heavy atom. The third-order valence-corrected chi connectivity index (χ3v) is 4.74. The zero-order chi connectivity index (χ0) is 15.1. The van der Waals surface area contributed by atoms with Crippen molar-refractivity contribution in [1.82, 2.24) is 19.6 Å². The number of hydrogen-bond acceptors (Lipinski definition) is 3. The third-order valence-electron chi connectivity index (χ3n) is 4.51. The number of nitrogens with zero attached hydrogens (tertiary/aromatic N) is 3. The Morgan fingerprint density at radius 1 is 1.36 bits per heavy atom. The molecule has 1 unspecified atom stereocenters. The number of carbonyl (C=O) groups excluding carboxylic acids is 1. The lowest BCUT2D eigenvalue weighted by molar-refractivity contribution is -0.128. The molecule has 1 atom stereocenters. The van der Waals surface area contributed by atoms with Gasteiger partial charge >= 0.3 is 0 Å². The molecule has 5 nitrogen and oxygen atoms in total. The molecule has 1 aliphatic heterocycles. The van der Waals surface area contributed by atoms with E-state index < -0.39 is 0 Å². The topological polar surface area (TPSA) is 49.6 Å². The molecular weight excluding hydrogens is 300 g/mol. The monoisotopic (exact) mass is 318 g/mol. The largest absolute Gasteiger partial charge is 0.339 e. The number of imidazole rings is 1. The van der Waals surface area contributed by atoms with Crippen LogP contribution in [0.25, 0.3) is 5.65 Å². The summed E-state index contributed by atoms with van der Waals surface area (Å²) in [6.45, 7) is 2.51. The van der Waals surface area contributed by atoms with E-state index in [1.165, 1.54) is 12.8 Å². The number of carbonyl (C=O) groups is 1. The summed E-state index contributed by atoms with van der Waals surface area (Å²) in [5.74, 6) is 0.756. The molecule has 2 aromatic heterocycles. The van der Waals surface area contributed by atoms with Gasteiger partial charge in [0, 0.05) is 38.3 Å². The van der Waals surface area contributed by atoms with Crippen LogP contribution in [0.2, 0.25) is 5.02 Å². The van der Waals surface area contributed by atoms with E-state index >= 15 is 0 Å². The summed E-state index contributed by atoms with van der Waals surface area (Å²) in [4.78, 5) is 18.4. The van der Waals surface area contributed by atoms with Crippen molar-refractivity contribution < 1.29 is 4.79 Å². The van der Waals surface area contributed by atoms with Gasteiger partial charge in [0.05, 0.1) is 16.9 Å². The lowest BCUT2D eigenvalue weighted by Crippen LogP contribution is -2.29. The molecule has 4 rings (SSSR count). The molecule has 0 radical (unpaired) electrons. The van der Waals surface area contributed by atoms with Gasteiger partial charge in [0.2, 0.25) is 5.91 Å². The average molecular weight is 319 g/mol. The standard InChI is InChI=1S/C16H19ClN4O/c17-12-1-4-15-19-8-14(20(15)10-12)7-18-6-11-5-16(22)21(9-11)13-2-3-13/h1,4,8,10-11,13,18H,2-3,5-7,9H2. The first-order valence-electron chi connectivity index (χ1n) is 7.82. The predicted octanol–water partition coefficient (Wildman–Crippen LogP) is 2.09. The zero-order valence-corrected chi connectivity index (χ0v) is 13.1. The fraction of sp³-hybridized carbons (Fsp3) is 0.500. The van der Waals surface area contributed by atoms with E-state index in [2.05, 4.69) is 15.2 Å². The molecule has 1 aliphatic carbocycles. The Hall–Kier alpha value is -1.59. The molecule has 1 amide bonds. The molecule has 3 heterocycles. The van der Waals surface area contributed by atoms with Gasteiger partial charge in [-0.25, -0.2) is 4.98 Å². The van der Waals surface area contributed by atoms with Gasteiger partial charge in [-0.2, -0.15) is 0 Å². The summed E-state index contributed by atoms with van der Waals surface area (Å²) < 4.78 is 2.01. The number of aromatic nitrogens is 2. The van der Waals surface area contributed by atoms with Crippen LogP contribution in [-0.4, -0.2) is 39.3 Å². The molecule has 1 N–H and O–H groups in total. The van der Waals surface area contributed by atoms with Gasteiger partial charge in [0.25, 0.3) is 0 Å². The normalized spacial score (nSPS) is 22.0. The average Bonchev–Trinajstić information content (AvgIpc) is 3.17. The van der Waals surface area contributed by atoms with E-state index in [-0.39, 0.29) is 0 Å². The highest BCUT2D eigenvalue weighted by Gasteiger charge is 2.38. The van der Waals surface area contributed by atoms with Crippen molar-refractivity contribution in [3.63, 3.8) is 0 Å². The number of rotatable bonds is 5. The van der Waals surface area contributed by atoms with E-state index in [1.807, 2.05) is 28.9 Å². The van der Waals surface area contributed by atoms with Crippen molar-refractivity contribution in [2.24, 2.45) is 5.92 Å². The highest BCUT2D eigenvalue weighted by atomic mass is 35.5. The maximum atomic E-state index is 11.9. The minimum Gasteiger partial charge on any atom is -0.339 e.